The molecule has 0 aliphatic carbocycles. The van der Waals surface area contributed by atoms with Crippen molar-refractivity contribution in [1.29, 1.82) is 0 Å². The predicted molar refractivity (Wildman–Crippen MR) is 78.2 cm³/mol. The van der Waals surface area contributed by atoms with Crippen LogP contribution < -0.4 is 10.9 Å². The summed E-state index contributed by atoms with van der Waals surface area (Å²) in [5.41, 5.74) is -0.102. The summed E-state index contributed by atoms with van der Waals surface area (Å²) in [6, 6.07) is 3.50. The Labute approximate surface area is 124 Å². The van der Waals surface area contributed by atoms with E-state index >= 15 is 0 Å². The maximum absolute atomic E-state index is 12.5. The molecule has 0 radical (unpaired) electrons. The SMILES string of the molecule is C=C1CCC(n2ncc3c([N+](=O)[O-])cccc3c2=O)C(=O)N1. The zero-order valence-corrected chi connectivity index (χ0v) is 11.5. The molecular formula is C14H12N4O4. The Morgan fingerprint density at radius 3 is 2.82 bits per heavy atom. The highest BCUT2D eigenvalue weighted by Crippen LogP contribution is 2.24. The summed E-state index contributed by atoms with van der Waals surface area (Å²) in [6.07, 6.45) is 2.22. The maximum atomic E-state index is 12.5. The van der Waals surface area contributed by atoms with Crippen molar-refractivity contribution in [2.45, 2.75) is 18.9 Å². The van der Waals surface area contributed by atoms with E-state index in [1.165, 1.54) is 24.4 Å². The van der Waals surface area contributed by atoms with Gasteiger partial charge in [-0.05, 0) is 18.9 Å². The average molecular weight is 300 g/mol. The summed E-state index contributed by atoms with van der Waals surface area (Å²) in [7, 11) is 0. The lowest BCUT2D eigenvalue weighted by atomic mass is 10.0. The van der Waals surface area contributed by atoms with Crippen LogP contribution in [0.2, 0.25) is 0 Å². The highest BCUT2D eigenvalue weighted by Gasteiger charge is 2.28. The van der Waals surface area contributed by atoms with Crippen molar-refractivity contribution in [1.82, 2.24) is 15.1 Å². The number of aromatic nitrogens is 2. The molecular weight excluding hydrogens is 288 g/mol. The lowest BCUT2D eigenvalue weighted by Crippen LogP contribution is -2.41. The first-order valence-electron chi connectivity index (χ1n) is 6.62. The van der Waals surface area contributed by atoms with Crippen LogP contribution in [-0.2, 0) is 4.79 Å². The fraction of sp³-hybridized carbons (Fsp3) is 0.214. The Kier molecular flexibility index (Phi) is 3.21. The van der Waals surface area contributed by atoms with E-state index in [0.29, 0.717) is 18.5 Å². The van der Waals surface area contributed by atoms with Gasteiger partial charge in [0, 0.05) is 11.8 Å². The van der Waals surface area contributed by atoms with Crippen molar-refractivity contribution < 1.29 is 9.72 Å². The van der Waals surface area contributed by atoms with Crippen LogP contribution in [0.1, 0.15) is 18.9 Å². The van der Waals surface area contributed by atoms with Crippen molar-refractivity contribution in [3.63, 3.8) is 0 Å². The lowest BCUT2D eigenvalue weighted by Gasteiger charge is -2.24. The van der Waals surface area contributed by atoms with Crippen molar-refractivity contribution in [3.8, 4) is 0 Å². The molecule has 1 N–H and O–H groups in total. The number of carbonyl (C=O) groups excluding carboxylic acids is 1. The van der Waals surface area contributed by atoms with Crippen molar-refractivity contribution in [2.75, 3.05) is 0 Å². The number of hydrogen-bond donors (Lipinski definition) is 1. The lowest BCUT2D eigenvalue weighted by molar-refractivity contribution is -0.383. The maximum Gasteiger partial charge on any atom is 0.279 e. The summed E-state index contributed by atoms with van der Waals surface area (Å²) < 4.78 is 1.08. The van der Waals surface area contributed by atoms with Crippen LogP contribution in [0.4, 0.5) is 5.69 Å². The number of rotatable bonds is 2. The Bertz CT molecular complexity index is 871. The number of nitro groups is 1. The standard InChI is InChI=1S/C14H12N4O4/c1-8-5-6-12(13(19)16-8)17-14(20)9-3-2-4-11(18(21)22)10(9)7-15-17/h2-4,7,12H,1,5-6H2,(H,16,19). The molecule has 1 unspecified atom stereocenters. The minimum Gasteiger partial charge on any atom is -0.329 e. The van der Waals surface area contributed by atoms with E-state index < -0.39 is 16.5 Å². The van der Waals surface area contributed by atoms with Gasteiger partial charge in [0.15, 0.2) is 0 Å². The molecule has 8 heteroatoms. The number of amides is 1. The number of hydrogen-bond acceptors (Lipinski definition) is 5. The van der Waals surface area contributed by atoms with E-state index in [-0.39, 0.29) is 22.4 Å². The molecule has 3 rings (SSSR count). The Morgan fingerprint density at radius 2 is 2.14 bits per heavy atom. The van der Waals surface area contributed by atoms with Gasteiger partial charge < -0.3 is 5.32 Å². The number of non-ortho nitro benzene ring substituents is 1. The van der Waals surface area contributed by atoms with Gasteiger partial charge in [-0.25, -0.2) is 4.68 Å². The summed E-state index contributed by atoms with van der Waals surface area (Å²) in [5.74, 6) is -0.351. The topological polar surface area (TPSA) is 107 Å². The Morgan fingerprint density at radius 1 is 1.36 bits per heavy atom. The second-order valence-corrected chi connectivity index (χ2v) is 5.04. The summed E-state index contributed by atoms with van der Waals surface area (Å²) in [5, 5.41) is 17.9. The molecule has 1 aromatic carbocycles. The van der Waals surface area contributed by atoms with E-state index in [0.717, 1.165) is 4.68 Å². The number of benzene rings is 1. The third-order valence-electron chi connectivity index (χ3n) is 3.65. The smallest absolute Gasteiger partial charge is 0.279 e. The fourth-order valence-electron chi connectivity index (χ4n) is 2.55. The molecule has 0 saturated carbocycles. The molecule has 112 valence electrons. The number of nitrogens with zero attached hydrogens (tertiary/aromatic N) is 3. The minimum atomic E-state index is -0.735. The monoisotopic (exact) mass is 300 g/mol. The van der Waals surface area contributed by atoms with Gasteiger partial charge in [0.2, 0.25) is 5.91 Å². The van der Waals surface area contributed by atoms with Crippen molar-refractivity contribution in [2.24, 2.45) is 0 Å². The van der Waals surface area contributed by atoms with E-state index in [1.54, 1.807) is 0 Å². The normalized spacial score (nSPS) is 18.3. The van der Waals surface area contributed by atoms with Crippen molar-refractivity contribution >= 4 is 22.4 Å². The minimum absolute atomic E-state index is 0.161. The Balaban J connectivity index is 2.16. The highest BCUT2D eigenvalue weighted by molar-refractivity contribution is 5.89. The van der Waals surface area contributed by atoms with Gasteiger partial charge in [-0.1, -0.05) is 12.6 Å². The summed E-state index contributed by atoms with van der Waals surface area (Å²) in [4.78, 5) is 34.9. The van der Waals surface area contributed by atoms with E-state index in [2.05, 4.69) is 17.0 Å². The molecule has 8 nitrogen and oxygen atoms in total. The largest absolute Gasteiger partial charge is 0.329 e. The van der Waals surface area contributed by atoms with Crippen LogP contribution in [0.5, 0.6) is 0 Å². The number of nitro benzene ring substituents is 1. The van der Waals surface area contributed by atoms with Crippen LogP contribution in [0, 0.1) is 10.1 Å². The first kappa shape index (κ1) is 13.9. The molecule has 2 aromatic rings. The summed E-state index contributed by atoms with van der Waals surface area (Å²) in [6.45, 7) is 3.68. The van der Waals surface area contributed by atoms with Crippen LogP contribution >= 0.6 is 0 Å². The first-order chi connectivity index (χ1) is 10.5. The van der Waals surface area contributed by atoms with Gasteiger partial charge in [0.05, 0.1) is 21.9 Å². The second-order valence-electron chi connectivity index (χ2n) is 5.04. The van der Waals surface area contributed by atoms with E-state index in [4.69, 9.17) is 0 Å². The molecule has 22 heavy (non-hydrogen) atoms. The predicted octanol–water partition coefficient (Wildman–Crippen LogP) is 1.27. The van der Waals surface area contributed by atoms with Gasteiger partial charge >= 0.3 is 0 Å². The number of nitrogens with one attached hydrogen (secondary N) is 1. The van der Waals surface area contributed by atoms with Crippen LogP contribution in [0.25, 0.3) is 10.8 Å². The third-order valence-corrected chi connectivity index (χ3v) is 3.65. The van der Waals surface area contributed by atoms with Gasteiger partial charge in [-0.2, -0.15) is 5.10 Å². The van der Waals surface area contributed by atoms with Gasteiger partial charge in [0.25, 0.3) is 11.2 Å². The average Bonchev–Trinajstić information content (AvgIpc) is 2.48. The van der Waals surface area contributed by atoms with E-state index in [1.807, 2.05) is 0 Å². The third kappa shape index (κ3) is 2.14. The molecule has 0 bridgehead atoms. The molecule has 1 saturated heterocycles. The quantitative estimate of drug-likeness (QED) is 0.664. The Hall–Kier alpha value is -3.03. The number of fused-ring (bicyclic) bond motifs is 1. The summed E-state index contributed by atoms with van der Waals surface area (Å²) >= 11 is 0. The molecule has 1 fully saturated rings. The zero-order chi connectivity index (χ0) is 15.9. The van der Waals surface area contributed by atoms with Crippen LogP contribution in [-0.4, -0.2) is 20.6 Å². The van der Waals surface area contributed by atoms with Gasteiger partial charge in [0.1, 0.15) is 6.04 Å². The van der Waals surface area contributed by atoms with E-state index in [9.17, 15) is 19.7 Å². The number of allylic oxidation sites excluding steroid dienone is 1. The molecule has 1 aliphatic rings. The number of piperidine rings is 1. The second kappa shape index (κ2) is 5.06. The van der Waals surface area contributed by atoms with Gasteiger partial charge in [-0.15, -0.1) is 0 Å². The number of carbonyl (C=O) groups is 1. The molecule has 1 aliphatic heterocycles. The van der Waals surface area contributed by atoms with Crippen molar-refractivity contribution in [3.05, 3.63) is 57.1 Å². The van der Waals surface area contributed by atoms with Gasteiger partial charge in [-0.3, -0.25) is 19.7 Å². The first-order valence-corrected chi connectivity index (χ1v) is 6.62. The molecule has 1 amide bonds. The molecule has 1 aromatic heterocycles. The molecule has 2 heterocycles. The molecule has 0 spiro atoms. The molecule has 1 atom stereocenters. The van der Waals surface area contributed by atoms with Crippen LogP contribution in [0.15, 0.2) is 41.5 Å². The highest BCUT2D eigenvalue weighted by atomic mass is 16.6. The zero-order valence-electron chi connectivity index (χ0n) is 11.5. The fourth-order valence-corrected chi connectivity index (χ4v) is 2.55. The van der Waals surface area contributed by atoms with Crippen LogP contribution in [0.3, 0.4) is 0 Å².